The number of esters is 1. The number of carbonyl (C=O) groups excluding carboxylic acids is 2. The Morgan fingerprint density at radius 3 is 2.72 bits per heavy atom. The van der Waals surface area contributed by atoms with Gasteiger partial charge in [0.15, 0.2) is 17.6 Å². The molecule has 1 heterocycles. The zero-order valence-corrected chi connectivity index (χ0v) is 17.2. The monoisotopic (exact) mass is 403 g/mol. The highest BCUT2D eigenvalue weighted by molar-refractivity contribution is 5.90. The molecule has 3 rings (SSSR count). The summed E-state index contributed by atoms with van der Waals surface area (Å²) in [5.41, 5.74) is 0.705. The molecule has 1 aliphatic heterocycles. The van der Waals surface area contributed by atoms with Gasteiger partial charge in [-0.15, -0.1) is 0 Å². The van der Waals surface area contributed by atoms with Gasteiger partial charge in [0.05, 0.1) is 7.11 Å². The minimum atomic E-state index is -0.851. The largest absolute Gasteiger partial charge is 0.493 e. The lowest BCUT2D eigenvalue weighted by atomic mass is 9.86. The predicted molar refractivity (Wildman–Crippen MR) is 108 cm³/mol. The van der Waals surface area contributed by atoms with E-state index in [1.807, 2.05) is 0 Å². The highest BCUT2D eigenvalue weighted by Gasteiger charge is 2.26. The molecular formula is C22H29NO6. The SMILES string of the molecule is COc1cc(/C=C/C(=O)O[C@H](C)C(=O)N[C@@H]2CCCC[C@H]2C)cc2c1OCCO2. The molecule has 0 saturated heterocycles. The molecule has 7 nitrogen and oxygen atoms in total. The van der Waals surface area contributed by atoms with E-state index in [4.69, 9.17) is 18.9 Å². The first kappa shape index (κ1) is 21.0. The van der Waals surface area contributed by atoms with Gasteiger partial charge < -0.3 is 24.3 Å². The lowest BCUT2D eigenvalue weighted by Gasteiger charge is -2.30. The van der Waals surface area contributed by atoms with Crippen LogP contribution in [0, 0.1) is 5.92 Å². The fraction of sp³-hybridized carbons (Fsp3) is 0.545. The maximum absolute atomic E-state index is 12.4. The van der Waals surface area contributed by atoms with Crippen molar-refractivity contribution in [1.82, 2.24) is 5.32 Å². The second kappa shape index (κ2) is 9.67. The normalized spacial score (nSPS) is 22.0. The molecule has 0 spiro atoms. The zero-order chi connectivity index (χ0) is 20.8. The minimum absolute atomic E-state index is 0.151. The second-order valence-corrected chi connectivity index (χ2v) is 7.54. The number of nitrogens with one attached hydrogen (secondary N) is 1. The summed E-state index contributed by atoms with van der Waals surface area (Å²) in [6, 6.07) is 3.66. The van der Waals surface area contributed by atoms with Gasteiger partial charge in [-0.1, -0.05) is 19.8 Å². The molecule has 7 heteroatoms. The van der Waals surface area contributed by atoms with Gasteiger partial charge in [0.2, 0.25) is 5.75 Å². The third-order valence-corrected chi connectivity index (χ3v) is 5.36. The third kappa shape index (κ3) is 5.43. The number of carbonyl (C=O) groups is 2. The molecule has 0 radical (unpaired) electrons. The summed E-state index contributed by atoms with van der Waals surface area (Å²) in [5, 5.41) is 3.01. The lowest BCUT2D eigenvalue weighted by molar-refractivity contribution is -0.150. The zero-order valence-electron chi connectivity index (χ0n) is 17.2. The molecule has 0 aromatic heterocycles. The van der Waals surface area contributed by atoms with Crippen LogP contribution in [0.25, 0.3) is 6.08 Å². The van der Waals surface area contributed by atoms with Crippen molar-refractivity contribution in [3.8, 4) is 17.2 Å². The summed E-state index contributed by atoms with van der Waals surface area (Å²) in [6.07, 6.45) is 6.43. The van der Waals surface area contributed by atoms with Crippen LogP contribution in [0.5, 0.6) is 17.2 Å². The van der Waals surface area contributed by atoms with Crippen LogP contribution in [0.15, 0.2) is 18.2 Å². The Balaban J connectivity index is 1.57. The van der Waals surface area contributed by atoms with Crippen LogP contribution in [0.4, 0.5) is 0 Å². The fourth-order valence-corrected chi connectivity index (χ4v) is 3.65. The molecule has 1 amide bonds. The summed E-state index contributed by atoms with van der Waals surface area (Å²) in [5.74, 6) is 1.26. The Morgan fingerprint density at radius 1 is 1.21 bits per heavy atom. The molecule has 29 heavy (non-hydrogen) atoms. The number of fused-ring (bicyclic) bond motifs is 1. The van der Waals surface area contributed by atoms with Gasteiger partial charge in [0.1, 0.15) is 13.2 Å². The van der Waals surface area contributed by atoms with Crippen LogP contribution >= 0.6 is 0 Å². The number of methoxy groups -OCH3 is 1. The van der Waals surface area contributed by atoms with Crippen LogP contribution in [0.1, 0.15) is 45.1 Å². The van der Waals surface area contributed by atoms with Gasteiger partial charge >= 0.3 is 5.97 Å². The molecule has 1 saturated carbocycles. The average molecular weight is 403 g/mol. The molecule has 1 N–H and O–H groups in total. The molecule has 1 aliphatic carbocycles. The first-order valence-corrected chi connectivity index (χ1v) is 10.1. The smallest absolute Gasteiger partial charge is 0.331 e. The number of hydrogen-bond donors (Lipinski definition) is 1. The molecule has 0 bridgehead atoms. The topological polar surface area (TPSA) is 83.1 Å². The highest BCUT2D eigenvalue weighted by Crippen LogP contribution is 2.40. The van der Waals surface area contributed by atoms with Crippen molar-refractivity contribution in [2.45, 2.75) is 51.7 Å². The summed E-state index contributed by atoms with van der Waals surface area (Å²) < 4.78 is 21.7. The van der Waals surface area contributed by atoms with Crippen molar-refractivity contribution < 1.29 is 28.5 Å². The van der Waals surface area contributed by atoms with Crippen molar-refractivity contribution >= 4 is 18.0 Å². The molecular weight excluding hydrogens is 374 g/mol. The fourth-order valence-electron chi connectivity index (χ4n) is 3.65. The Bertz CT molecular complexity index is 758. The first-order chi connectivity index (χ1) is 14.0. The second-order valence-electron chi connectivity index (χ2n) is 7.54. The van der Waals surface area contributed by atoms with E-state index in [0.717, 1.165) is 19.3 Å². The molecule has 3 atom stereocenters. The van der Waals surface area contributed by atoms with E-state index in [9.17, 15) is 9.59 Å². The van der Waals surface area contributed by atoms with E-state index >= 15 is 0 Å². The van der Waals surface area contributed by atoms with Crippen LogP contribution in [-0.4, -0.2) is 44.3 Å². The molecule has 1 fully saturated rings. The number of benzene rings is 1. The van der Waals surface area contributed by atoms with Crippen molar-refractivity contribution in [3.05, 3.63) is 23.8 Å². The van der Waals surface area contributed by atoms with Crippen LogP contribution in [0.3, 0.4) is 0 Å². The first-order valence-electron chi connectivity index (χ1n) is 10.1. The molecule has 2 aliphatic rings. The van der Waals surface area contributed by atoms with E-state index in [2.05, 4.69) is 12.2 Å². The average Bonchev–Trinajstić information content (AvgIpc) is 2.73. The van der Waals surface area contributed by atoms with Crippen molar-refractivity contribution in [2.75, 3.05) is 20.3 Å². The Kier molecular flexibility index (Phi) is 7.01. The van der Waals surface area contributed by atoms with Gasteiger partial charge in [-0.05, 0) is 49.5 Å². The van der Waals surface area contributed by atoms with Gasteiger partial charge in [-0.25, -0.2) is 4.79 Å². The van der Waals surface area contributed by atoms with E-state index in [0.29, 0.717) is 41.9 Å². The molecule has 1 aromatic rings. The number of amides is 1. The van der Waals surface area contributed by atoms with Crippen molar-refractivity contribution in [3.63, 3.8) is 0 Å². The summed E-state index contributed by atoms with van der Waals surface area (Å²) >= 11 is 0. The van der Waals surface area contributed by atoms with Gasteiger partial charge in [-0.3, -0.25) is 4.79 Å². The number of ether oxygens (including phenoxy) is 4. The summed E-state index contributed by atoms with van der Waals surface area (Å²) in [6.45, 7) is 4.65. The predicted octanol–water partition coefficient (Wildman–Crippen LogP) is 3.11. The Labute approximate surface area is 171 Å². The van der Waals surface area contributed by atoms with Gasteiger partial charge in [0.25, 0.3) is 5.91 Å². The van der Waals surface area contributed by atoms with Gasteiger partial charge in [0, 0.05) is 12.1 Å². The van der Waals surface area contributed by atoms with E-state index < -0.39 is 12.1 Å². The quantitative estimate of drug-likeness (QED) is 0.581. The van der Waals surface area contributed by atoms with E-state index in [-0.39, 0.29) is 11.9 Å². The Morgan fingerprint density at radius 2 is 1.97 bits per heavy atom. The molecule has 1 aromatic carbocycles. The standard InChI is InChI=1S/C22H29NO6/c1-14-6-4-5-7-17(14)23-22(25)15(2)29-20(24)9-8-16-12-18(26-3)21-19(13-16)27-10-11-28-21/h8-9,12-15,17H,4-7,10-11H2,1-3H3,(H,23,25)/b9-8+/t14-,15-,17-/m1/s1. The maximum Gasteiger partial charge on any atom is 0.331 e. The third-order valence-electron chi connectivity index (χ3n) is 5.36. The maximum atomic E-state index is 12.4. The van der Waals surface area contributed by atoms with E-state index in [1.165, 1.54) is 12.5 Å². The minimum Gasteiger partial charge on any atom is -0.493 e. The summed E-state index contributed by atoms with van der Waals surface area (Å²) in [4.78, 5) is 24.5. The number of hydrogen-bond acceptors (Lipinski definition) is 6. The molecule has 0 unspecified atom stereocenters. The van der Waals surface area contributed by atoms with Crippen LogP contribution in [-0.2, 0) is 14.3 Å². The lowest BCUT2D eigenvalue weighted by Crippen LogP contribution is -2.45. The summed E-state index contributed by atoms with van der Waals surface area (Å²) in [7, 11) is 1.54. The van der Waals surface area contributed by atoms with Crippen LogP contribution < -0.4 is 19.5 Å². The van der Waals surface area contributed by atoms with Crippen LogP contribution in [0.2, 0.25) is 0 Å². The van der Waals surface area contributed by atoms with Crippen molar-refractivity contribution in [1.29, 1.82) is 0 Å². The molecule has 158 valence electrons. The van der Waals surface area contributed by atoms with Gasteiger partial charge in [-0.2, -0.15) is 0 Å². The Hall–Kier alpha value is -2.70. The van der Waals surface area contributed by atoms with E-state index in [1.54, 1.807) is 32.2 Å². The highest BCUT2D eigenvalue weighted by atomic mass is 16.6. The number of rotatable bonds is 6. The van der Waals surface area contributed by atoms with Crippen molar-refractivity contribution in [2.24, 2.45) is 5.92 Å².